The Morgan fingerprint density at radius 2 is 2.11 bits per heavy atom. The highest BCUT2D eigenvalue weighted by molar-refractivity contribution is 8.01. The van der Waals surface area contributed by atoms with Crippen LogP contribution in [0.1, 0.15) is 24.5 Å². The lowest BCUT2D eigenvalue weighted by atomic mass is 10.1. The summed E-state index contributed by atoms with van der Waals surface area (Å²) in [7, 11) is -3.69. The largest absolute Gasteiger partial charge is 0.299 e. The Balaban J connectivity index is 2.33. The van der Waals surface area contributed by atoms with Gasteiger partial charge < -0.3 is 0 Å². The van der Waals surface area contributed by atoms with Gasteiger partial charge >= 0.3 is 0 Å². The van der Waals surface area contributed by atoms with Crippen LogP contribution in [0.5, 0.6) is 0 Å². The molecule has 0 aliphatic rings. The molecule has 0 aliphatic carbocycles. The van der Waals surface area contributed by atoms with Crippen LogP contribution in [0.15, 0.2) is 35.2 Å². The van der Waals surface area contributed by atoms with Gasteiger partial charge in [0.15, 0.2) is 4.34 Å². The molecule has 152 valence electrons. The highest BCUT2D eigenvalue weighted by Crippen LogP contribution is 2.29. The average molecular weight is 441 g/mol. The van der Waals surface area contributed by atoms with Crippen LogP contribution in [0, 0.1) is 13.8 Å². The predicted octanol–water partition coefficient (Wildman–Crippen LogP) is 3.62. The summed E-state index contributed by atoms with van der Waals surface area (Å²) >= 11 is 2.71. The highest BCUT2D eigenvalue weighted by Gasteiger charge is 2.33. The van der Waals surface area contributed by atoms with Crippen molar-refractivity contribution in [1.82, 2.24) is 10.2 Å². The molecule has 1 aromatic carbocycles. The van der Waals surface area contributed by atoms with Crippen molar-refractivity contribution < 1.29 is 13.2 Å². The lowest BCUT2D eigenvalue weighted by Crippen LogP contribution is -2.47. The smallest absolute Gasteiger partial charge is 0.250 e. The summed E-state index contributed by atoms with van der Waals surface area (Å²) in [6.45, 7) is 9.14. The number of hydrogen-bond donors (Lipinski definition) is 1. The fourth-order valence-corrected chi connectivity index (χ4v) is 5.41. The molecule has 1 N–H and O–H groups in total. The second-order valence-electron chi connectivity index (χ2n) is 6.23. The zero-order valence-corrected chi connectivity index (χ0v) is 18.7. The molecule has 2 aromatic rings. The Morgan fingerprint density at radius 1 is 1.39 bits per heavy atom. The van der Waals surface area contributed by atoms with Gasteiger partial charge in [-0.25, -0.2) is 8.42 Å². The van der Waals surface area contributed by atoms with E-state index >= 15 is 0 Å². The summed E-state index contributed by atoms with van der Waals surface area (Å²) in [6, 6.07) is 4.63. The summed E-state index contributed by atoms with van der Waals surface area (Å²) < 4.78 is 27.1. The van der Waals surface area contributed by atoms with Gasteiger partial charge in [0.2, 0.25) is 21.1 Å². The summed E-state index contributed by atoms with van der Waals surface area (Å²) in [5.41, 5.74) is 2.20. The van der Waals surface area contributed by atoms with Gasteiger partial charge in [-0.3, -0.25) is 14.4 Å². The van der Waals surface area contributed by atoms with E-state index in [-0.39, 0.29) is 0 Å². The number of nitrogens with one attached hydrogen (secondary N) is 1. The Kier molecular flexibility index (Phi) is 7.62. The number of aryl methyl sites for hydroxylation is 2. The van der Waals surface area contributed by atoms with Crippen molar-refractivity contribution in [3.63, 3.8) is 0 Å². The normalized spacial score (nSPS) is 12.4. The second kappa shape index (κ2) is 9.53. The quantitative estimate of drug-likeness (QED) is 0.364. The van der Waals surface area contributed by atoms with Crippen LogP contribution in [0.4, 0.5) is 10.8 Å². The van der Waals surface area contributed by atoms with Gasteiger partial charge in [0, 0.05) is 5.75 Å². The molecule has 28 heavy (non-hydrogen) atoms. The van der Waals surface area contributed by atoms with Crippen molar-refractivity contribution in [2.75, 3.05) is 21.6 Å². The number of anilines is 2. The zero-order chi connectivity index (χ0) is 20.9. The van der Waals surface area contributed by atoms with Gasteiger partial charge in [-0.1, -0.05) is 48.2 Å². The number of carbonyl (C=O) groups excluding carboxylic acids is 1. The fourth-order valence-electron chi connectivity index (χ4n) is 2.63. The lowest BCUT2D eigenvalue weighted by Gasteiger charge is -2.31. The molecule has 7 nitrogen and oxygen atoms in total. The monoisotopic (exact) mass is 440 g/mol. The van der Waals surface area contributed by atoms with Crippen molar-refractivity contribution in [1.29, 1.82) is 0 Å². The molecule has 0 spiro atoms. The third-order valence-corrected chi connectivity index (χ3v) is 7.03. The van der Waals surface area contributed by atoms with Gasteiger partial charge in [0.05, 0.1) is 11.9 Å². The predicted molar refractivity (Wildman–Crippen MR) is 117 cm³/mol. The maximum Gasteiger partial charge on any atom is 0.250 e. The average Bonchev–Trinajstić information content (AvgIpc) is 3.06. The van der Waals surface area contributed by atoms with E-state index < -0.39 is 22.0 Å². The van der Waals surface area contributed by atoms with Crippen molar-refractivity contribution in [2.24, 2.45) is 0 Å². The molecule has 1 aromatic heterocycles. The molecule has 0 saturated heterocycles. The van der Waals surface area contributed by atoms with Crippen molar-refractivity contribution in [3.05, 3.63) is 42.0 Å². The SMILES string of the molecule is C=CCSc1nnc(NC(=O)[C@@H](CC)N(c2cc(C)ccc2C)S(C)(=O)=O)s1. The second-order valence-corrected chi connectivity index (χ2v) is 10.3. The zero-order valence-electron chi connectivity index (χ0n) is 16.3. The molecule has 0 aliphatic heterocycles. The molecule has 0 saturated carbocycles. The number of thioether (sulfide) groups is 1. The summed E-state index contributed by atoms with van der Waals surface area (Å²) in [5.74, 6) is 0.250. The number of hydrogen-bond acceptors (Lipinski definition) is 7. The van der Waals surface area contributed by atoms with Crippen LogP contribution in [0.3, 0.4) is 0 Å². The highest BCUT2D eigenvalue weighted by atomic mass is 32.2. The van der Waals surface area contributed by atoms with Gasteiger partial charge in [0.25, 0.3) is 0 Å². The molecule has 0 unspecified atom stereocenters. The van der Waals surface area contributed by atoms with E-state index in [2.05, 4.69) is 22.1 Å². The Bertz CT molecular complexity index is 957. The van der Waals surface area contributed by atoms with Gasteiger partial charge in [0.1, 0.15) is 6.04 Å². The van der Waals surface area contributed by atoms with Crippen LogP contribution < -0.4 is 9.62 Å². The summed E-state index contributed by atoms with van der Waals surface area (Å²) in [5, 5.41) is 11.0. The third-order valence-electron chi connectivity index (χ3n) is 3.89. The minimum Gasteiger partial charge on any atom is -0.299 e. The van der Waals surface area contributed by atoms with E-state index in [4.69, 9.17) is 0 Å². The van der Waals surface area contributed by atoms with E-state index in [1.54, 1.807) is 19.1 Å². The first-order chi connectivity index (χ1) is 13.2. The number of amides is 1. The fraction of sp³-hybridized carbons (Fsp3) is 0.389. The maximum atomic E-state index is 12.9. The number of benzene rings is 1. The Labute approximate surface area is 174 Å². The van der Waals surface area contributed by atoms with Crippen molar-refractivity contribution >= 4 is 49.8 Å². The molecule has 0 bridgehead atoms. The first-order valence-corrected chi connectivity index (χ1v) is 12.3. The van der Waals surface area contributed by atoms with E-state index in [0.717, 1.165) is 17.4 Å². The third kappa shape index (κ3) is 5.55. The molecule has 1 atom stereocenters. The minimum absolute atomic E-state index is 0.309. The molecular weight excluding hydrogens is 416 g/mol. The number of rotatable bonds is 9. The topological polar surface area (TPSA) is 92.3 Å². The van der Waals surface area contributed by atoms with Crippen LogP contribution in [0.2, 0.25) is 0 Å². The van der Waals surface area contributed by atoms with E-state index in [9.17, 15) is 13.2 Å². The lowest BCUT2D eigenvalue weighted by molar-refractivity contribution is -0.117. The van der Waals surface area contributed by atoms with Gasteiger partial charge in [-0.05, 0) is 37.5 Å². The number of sulfonamides is 1. The van der Waals surface area contributed by atoms with Crippen LogP contribution in [-0.4, -0.2) is 42.6 Å². The molecular formula is C18H24N4O3S3. The van der Waals surface area contributed by atoms with E-state index in [1.807, 2.05) is 26.0 Å². The molecule has 0 fully saturated rings. The van der Waals surface area contributed by atoms with Crippen LogP contribution in [0.25, 0.3) is 0 Å². The Morgan fingerprint density at radius 3 is 2.71 bits per heavy atom. The molecule has 1 amide bonds. The molecule has 2 rings (SSSR count). The first-order valence-electron chi connectivity index (χ1n) is 8.62. The maximum absolute atomic E-state index is 12.9. The van der Waals surface area contributed by atoms with E-state index in [0.29, 0.717) is 27.3 Å². The number of aromatic nitrogens is 2. The number of carbonyl (C=O) groups is 1. The van der Waals surface area contributed by atoms with Crippen molar-refractivity contribution in [2.45, 2.75) is 37.6 Å². The van der Waals surface area contributed by atoms with Crippen LogP contribution in [-0.2, 0) is 14.8 Å². The number of nitrogens with zero attached hydrogens (tertiary/aromatic N) is 3. The Hall–Kier alpha value is -1.91. The first kappa shape index (κ1) is 22.4. The summed E-state index contributed by atoms with van der Waals surface area (Å²) in [4.78, 5) is 12.9. The van der Waals surface area contributed by atoms with Gasteiger partial charge in [-0.15, -0.1) is 16.8 Å². The minimum atomic E-state index is -3.69. The molecule has 1 heterocycles. The molecule has 10 heteroatoms. The van der Waals surface area contributed by atoms with E-state index in [1.165, 1.54) is 27.4 Å². The standard InChI is InChI=1S/C18H24N4O3S3/c1-6-10-26-18-21-20-17(27-18)19-16(23)14(7-2)22(28(5,24)25)15-11-12(3)8-9-13(15)4/h6,8-9,11,14H,1,7,10H2,2-5H3,(H,19,20,23)/t14-/m1/s1. The van der Waals surface area contributed by atoms with Crippen molar-refractivity contribution in [3.8, 4) is 0 Å². The molecule has 0 radical (unpaired) electrons. The summed E-state index contributed by atoms with van der Waals surface area (Å²) in [6.07, 6.45) is 3.18. The van der Waals surface area contributed by atoms with Crippen LogP contribution >= 0.6 is 23.1 Å². The van der Waals surface area contributed by atoms with Gasteiger partial charge in [-0.2, -0.15) is 0 Å².